The molecule has 6 heteroatoms. The van der Waals surface area contributed by atoms with Gasteiger partial charge in [0.15, 0.2) is 0 Å². The largest absolute Gasteiger partial charge is 0.369 e. The quantitative estimate of drug-likeness (QED) is 0.253. The molecule has 24 heavy (non-hydrogen) atoms. The van der Waals surface area contributed by atoms with Crippen molar-refractivity contribution in [1.82, 2.24) is 0 Å². The number of carbonyl (C=O) groups is 1. The predicted octanol–water partition coefficient (Wildman–Crippen LogP) is 4.89. The minimum absolute atomic E-state index is 0.192. The molecule has 1 amide bonds. The van der Waals surface area contributed by atoms with E-state index in [2.05, 4.69) is 6.92 Å². The first-order valence-corrected chi connectivity index (χ1v) is 11.4. The maximum Gasteiger partial charge on any atom is 0.337 e. The van der Waals surface area contributed by atoms with E-state index in [-0.39, 0.29) is 6.42 Å². The van der Waals surface area contributed by atoms with E-state index in [9.17, 15) is 9.36 Å². The van der Waals surface area contributed by atoms with Gasteiger partial charge < -0.3 is 15.5 Å². The zero-order chi connectivity index (χ0) is 18.3. The Morgan fingerprint density at radius 1 is 0.792 bits per heavy atom. The second-order valence-electron chi connectivity index (χ2n) is 6.89. The molecule has 0 bridgehead atoms. The molecule has 0 aromatic carbocycles. The lowest BCUT2D eigenvalue weighted by atomic mass is 10.0. The number of hydrogen-bond acceptors (Lipinski definition) is 2. The van der Waals surface area contributed by atoms with Crippen LogP contribution in [-0.2, 0) is 9.36 Å². The van der Waals surface area contributed by atoms with Gasteiger partial charge in [-0.05, 0) is 6.42 Å². The Balaban J connectivity index is 3.36. The van der Waals surface area contributed by atoms with Gasteiger partial charge in [-0.1, -0.05) is 96.8 Å². The summed E-state index contributed by atoms with van der Waals surface area (Å²) in [7, 11) is -4.39. The second kappa shape index (κ2) is 14.9. The Morgan fingerprint density at radius 2 is 1.12 bits per heavy atom. The Morgan fingerprint density at radius 3 is 1.42 bits per heavy atom. The number of carbonyl (C=O) groups excluding carboxylic acids is 1. The molecule has 0 aromatic heterocycles. The molecule has 0 aliphatic carbocycles. The molecule has 0 aliphatic heterocycles. The SMILES string of the molecule is CCCCCCCCCCCCCCCCC(C(N)=O)P(=O)(O)O. The average Bonchev–Trinajstić information content (AvgIpc) is 2.49. The van der Waals surface area contributed by atoms with Gasteiger partial charge in [0, 0.05) is 0 Å². The summed E-state index contributed by atoms with van der Waals surface area (Å²) in [5, 5.41) is 0. The van der Waals surface area contributed by atoms with Crippen LogP contribution in [0.25, 0.3) is 0 Å². The van der Waals surface area contributed by atoms with Crippen molar-refractivity contribution >= 4 is 13.5 Å². The molecule has 1 unspecified atom stereocenters. The van der Waals surface area contributed by atoms with Gasteiger partial charge in [-0.15, -0.1) is 0 Å². The van der Waals surface area contributed by atoms with Gasteiger partial charge in [-0.3, -0.25) is 9.36 Å². The van der Waals surface area contributed by atoms with E-state index in [4.69, 9.17) is 15.5 Å². The Hall–Kier alpha value is -0.380. The van der Waals surface area contributed by atoms with E-state index in [1.165, 1.54) is 64.2 Å². The van der Waals surface area contributed by atoms with Crippen LogP contribution in [0.5, 0.6) is 0 Å². The fraction of sp³-hybridized carbons (Fsp3) is 0.944. The summed E-state index contributed by atoms with van der Waals surface area (Å²) in [6.07, 6.45) is 17.3. The first-order chi connectivity index (χ1) is 11.4. The van der Waals surface area contributed by atoms with Crippen LogP contribution in [0, 0.1) is 0 Å². The zero-order valence-electron chi connectivity index (χ0n) is 15.4. The van der Waals surface area contributed by atoms with Crippen LogP contribution in [0.1, 0.15) is 103 Å². The van der Waals surface area contributed by atoms with E-state index in [0.717, 1.165) is 19.3 Å². The van der Waals surface area contributed by atoms with Crippen LogP contribution in [0.15, 0.2) is 0 Å². The van der Waals surface area contributed by atoms with Gasteiger partial charge in [0.2, 0.25) is 5.91 Å². The van der Waals surface area contributed by atoms with Crippen molar-refractivity contribution in [3.8, 4) is 0 Å². The van der Waals surface area contributed by atoms with Crippen LogP contribution in [-0.4, -0.2) is 21.4 Å². The van der Waals surface area contributed by atoms with Gasteiger partial charge in [-0.25, -0.2) is 0 Å². The number of unbranched alkanes of at least 4 members (excludes halogenated alkanes) is 13. The molecule has 1 atom stereocenters. The molecule has 0 heterocycles. The summed E-state index contributed by atoms with van der Waals surface area (Å²) in [5.74, 6) is -0.891. The molecule has 0 aromatic rings. The number of hydrogen-bond donors (Lipinski definition) is 3. The van der Waals surface area contributed by atoms with Gasteiger partial charge in [-0.2, -0.15) is 0 Å². The van der Waals surface area contributed by atoms with Crippen molar-refractivity contribution in [1.29, 1.82) is 0 Å². The molecule has 0 saturated carbocycles. The number of rotatable bonds is 17. The minimum atomic E-state index is -4.39. The molecule has 0 radical (unpaired) electrons. The van der Waals surface area contributed by atoms with Crippen LogP contribution in [0.2, 0.25) is 0 Å². The topological polar surface area (TPSA) is 101 Å². The average molecular weight is 363 g/mol. The summed E-state index contributed by atoms with van der Waals surface area (Å²) < 4.78 is 11.1. The third-order valence-corrected chi connectivity index (χ3v) is 5.89. The standard InChI is InChI=1S/C18H38NO4P/c1-2-3-4-5-6-7-8-9-10-11-12-13-14-15-16-17(18(19)20)24(21,22)23/h17H,2-16H2,1H3,(H2,19,20)(H2,21,22,23). The number of amides is 1. The molecule has 0 rings (SSSR count). The van der Waals surface area contributed by atoms with Crippen molar-refractivity contribution in [2.75, 3.05) is 0 Å². The van der Waals surface area contributed by atoms with Gasteiger partial charge in [0.1, 0.15) is 5.66 Å². The van der Waals surface area contributed by atoms with Crippen LogP contribution in [0.4, 0.5) is 0 Å². The van der Waals surface area contributed by atoms with Gasteiger partial charge >= 0.3 is 7.60 Å². The lowest BCUT2D eigenvalue weighted by molar-refractivity contribution is -0.118. The second-order valence-corrected chi connectivity index (χ2v) is 8.69. The maximum absolute atomic E-state index is 11.1. The Labute approximate surface area is 147 Å². The van der Waals surface area contributed by atoms with Gasteiger partial charge in [0.05, 0.1) is 0 Å². The lowest BCUT2D eigenvalue weighted by Gasteiger charge is -2.14. The molecule has 0 aliphatic rings. The third-order valence-electron chi connectivity index (χ3n) is 4.57. The number of primary amides is 1. The molecular weight excluding hydrogens is 325 g/mol. The molecular formula is C18H38NO4P. The molecule has 0 fully saturated rings. The highest BCUT2D eigenvalue weighted by molar-refractivity contribution is 7.53. The summed E-state index contributed by atoms with van der Waals surface area (Å²) >= 11 is 0. The molecule has 5 nitrogen and oxygen atoms in total. The van der Waals surface area contributed by atoms with Crippen LogP contribution < -0.4 is 5.73 Å². The van der Waals surface area contributed by atoms with Crippen LogP contribution >= 0.6 is 7.60 Å². The summed E-state index contributed by atoms with van der Waals surface area (Å²) in [5.41, 5.74) is 3.74. The van der Waals surface area contributed by atoms with E-state index in [0.29, 0.717) is 6.42 Å². The highest BCUT2D eigenvalue weighted by Crippen LogP contribution is 2.43. The fourth-order valence-corrected chi connectivity index (χ4v) is 3.86. The first kappa shape index (κ1) is 23.6. The normalized spacial score (nSPS) is 13.1. The van der Waals surface area contributed by atoms with Crippen molar-refractivity contribution < 1.29 is 19.1 Å². The molecule has 4 N–H and O–H groups in total. The molecule has 144 valence electrons. The minimum Gasteiger partial charge on any atom is -0.369 e. The van der Waals surface area contributed by atoms with Gasteiger partial charge in [0.25, 0.3) is 0 Å². The third kappa shape index (κ3) is 14.0. The van der Waals surface area contributed by atoms with E-state index in [1.807, 2.05) is 0 Å². The van der Waals surface area contributed by atoms with Crippen molar-refractivity contribution in [2.24, 2.45) is 5.73 Å². The summed E-state index contributed by atoms with van der Waals surface area (Å²) in [4.78, 5) is 29.2. The van der Waals surface area contributed by atoms with Crippen molar-refractivity contribution in [2.45, 2.75) is 109 Å². The van der Waals surface area contributed by atoms with E-state index in [1.54, 1.807) is 0 Å². The first-order valence-electron chi connectivity index (χ1n) is 9.74. The maximum atomic E-state index is 11.1. The van der Waals surface area contributed by atoms with E-state index >= 15 is 0 Å². The Kier molecular flexibility index (Phi) is 14.7. The highest BCUT2D eigenvalue weighted by atomic mass is 31.2. The monoisotopic (exact) mass is 363 g/mol. The van der Waals surface area contributed by atoms with E-state index < -0.39 is 19.2 Å². The van der Waals surface area contributed by atoms with Crippen LogP contribution in [0.3, 0.4) is 0 Å². The molecule has 0 saturated heterocycles. The predicted molar refractivity (Wildman–Crippen MR) is 100.0 cm³/mol. The molecule has 0 spiro atoms. The van der Waals surface area contributed by atoms with Crippen molar-refractivity contribution in [3.63, 3.8) is 0 Å². The van der Waals surface area contributed by atoms with Crippen molar-refractivity contribution in [3.05, 3.63) is 0 Å². The Bertz CT molecular complexity index is 357. The summed E-state index contributed by atoms with van der Waals surface area (Å²) in [6.45, 7) is 2.24. The highest BCUT2D eigenvalue weighted by Gasteiger charge is 2.33. The lowest BCUT2D eigenvalue weighted by Crippen LogP contribution is -2.28. The zero-order valence-corrected chi connectivity index (χ0v) is 16.3. The summed E-state index contributed by atoms with van der Waals surface area (Å²) in [6, 6.07) is 0. The fourth-order valence-electron chi connectivity index (χ4n) is 3.01. The number of nitrogens with two attached hydrogens (primary N) is 1. The smallest absolute Gasteiger partial charge is 0.337 e.